The van der Waals surface area contributed by atoms with E-state index in [1.165, 1.54) is 33.6 Å². The zero-order chi connectivity index (χ0) is 19.4. The number of hydrogen-bond acceptors (Lipinski definition) is 6. The fraction of sp³-hybridized carbons (Fsp3) is 0.350. The van der Waals surface area contributed by atoms with Gasteiger partial charge in [-0.1, -0.05) is 6.92 Å². The van der Waals surface area contributed by atoms with Gasteiger partial charge in [-0.3, -0.25) is 4.79 Å². The van der Waals surface area contributed by atoms with E-state index in [2.05, 4.69) is 18.3 Å². The van der Waals surface area contributed by atoms with E-state index in [4.69, 9.17) is 4.74 Å². The highest BCUT2D eigenvalue weighted by Gasteiger charge is 2.24. The van der Waals surface area contributed by atoms with E-state index in [1.54, 1.807) is 6.08 Å². The molecule has 0 saturated heterocycles. The highest BCUT2D eigenvalue weighted by atomic mass is 32.1. The number of ether oxygens (including phenoxy) is 1. The van der Waals surface area contributed by atoms with Crippen LogP contribution in [-0.2, 0) is 27.2 Å². The minimum Gasteiger partial charge on any atom is -0.452 e. The first-order chi connectivity index (χ1) is 13.0. The van der Waals surface area contributed by atoms with Gasteiger partial charge in [-0.2, -0.15) is 5.26 Å². The molecule has 0 saturated carbocycles. The molecule has 1 aliphatic carbocycles. The maximum atomic E-state index is 12.1. The molecular weight excluding hydrogens is 380 g/mol. The molecule has 2 heterocycles. The Morgan fingerprint density at radius 2 is 2.30 bits per heavy atom. The molecule has 5 nitrogen and oxygen atoms in total. The van der Waals surface area contributed by atoms with Crippen molar-refractivity contribution in [3.8, 4) is 6.07 Å². The van der Waals surface area contributed by atoms with Gasteiger partial charge in [-0.15, -0.1) is 22.7 Å². The molecule has 1 N–H and O–H groups in total. The van der Waals surface area contributed by atoms with E-state index in [9.17, 15) is 14.9 Å². The second-order valence-electron chi connectivity index (χ2n) is 6.62. The molecule has 1 amide bonds. The number of nitriles is 1. The quantitative estimate of drug-likeness (QED) is 0.599. The van der Waals surface area contributed by atoms with Gasteiger partial charge in [-0.25, -0.2) is 4.79 Å². The fourth-order valence-corrected chi connectivity index (χ4v) is 5.20. The van der Waals surface area contributed by atoms with Crippen LogP contribution < -0.4 is 5.32 Å². The Balaban J connectivity index is 1.57. The molecule has 0 aromatic carbocycles. The van der Waals surface area contributed by atoms with Gasteiger partial charge >= 0.3 is 5.97 Å². The maximum Gasteiger partial charge on any atom is 0.331 e. The van der Waals surface area contributed by atoms with Crippen LogP contribution in [0.3, 0.4) is 0 Å². The largest absolute Gasteiger partial charge is 0.452 e. The van der Waals surface area contributed by atoms with Crippen molar-refractivity contribution >= 4 is 45.6 Å². The number of rotatable bonds is 5. The van der Waals surface area contributed by atoms with Crippen LogP contribution in [0.25, 0.3) is 6.08 Å². The molecule has 27 heavy (non-hydrogen) atoms. The van der Waals surface area contributed by atoms with Crippen molar-refractivity contribution in [2.24, 2.45) is 5.92 Å². The lowest BCUT2D eigenvalue weighted by Crippen LogP contribution is -2.20. The average molecular weight is 401 g/mol. The minimum atomic E-state index is -0.572. The standard InChI is InChI=1S/C20H20N2O3S2/c1-12-3-4-14-15(10-21)20(27-17(14)9-12)22-18(23)11-25-19(24)6-5-16-13(2)7-8-26-16/h5-8,12H,3-4,9,11H2,1-2H3,(H,22,23)/b6-5+/t12-/m1/s1. The molecule has 0 aliphatic heterocycles. The fourth-order valence-electron chi connectivity index (χ4n) is 3.00. The predicted molar refractivity (Wildman–Crippen MR) is 108 cm³/mol. The number of thiophene rings is 2. The molecule has 3 rings (SSSR count). The Kier molecular flexibility index (Phi) is 6.09. The van der Waals surface area contributed by atoms with Crippen LogP contribution in [0, 0.1) is 24.2 Å². The number of fused-ring (bicyclic) bond motifs is 1. The van der Waals surface area contributed by atoms with Gasteiger partial charge in [0.2, 0.25) is 0 Å². The Morgan fingerprint density at radius 1 is 1.48 bits per heavy atom. The average Bonchev–Trinajstić information content (AvgIpc) is 3.20. The van der Waals surface area contributed by atoms with Gasteiger partial charge in [0, 0.05) is 15.8 Å². The first kappa shape index (κ1) is 19.3. The van der Waals surface area contributed by atoms with Crippen LogP contribution in [0.4, 0.5) is 5.00 Å². The van der Waals surface area contributed by atoms with Crippen molar-refractivity contribution in [2.45, 2.75) is 33.1 Å². The summed E-state index contributed by atoms with van der Waals surface area (Å²) in [6.07, 6.45) is 5.86. The number of carbonyl (C=O) groups excluding carboxylic acids is 2. The van der Waals surface area contributed by atoms with E-state index in [1.807, 2.05) is 18.4 Å². The topological polar surface area (TPSA) is 79.2 Å². The van der Waals surface area contributed by atoms with E-state index in [0.29, 0.717) is 16.5 Å². The highest BCUT2D eigenvalue weighted by Crippen LogP contribution is 2.39. The predicted octanol–water partition coefficient (Wildman–Crippen LogP) is 4.31. The van der Waals surface area contributed by atoms with Crippen molar-refractivity contribution in [3.63, 3.8) is 0 Å². The van der Waals surface area contributed by atoms with Gasteiger partial charge < -0.3 is 10.1 Å². The van der Waals surface area contributed by atoms with Gasteiger partial charge in [0.25, 0.3) is 5.91 Å². The molecule has 140 valence electrons. The third-order valence-corrected chi connectivity index (χ3v) is 6.65. The number of aryl methyl sites for hydroxylation is 1. The number of nitrogens with zero attached hydrogens (tertiary/aromatic N) is 1. The van der Waals surface area contributed by atoms with Crippen molar-refractivity contribution in [1.82, 2.24) is 0 Å². The van der Waals surface area contributed by atoms with Gasteiger partial charge in [0.05, 0.1) is 5.56 Å². The first-order valence-electron chi connectivity index (χ1n) is 8.71. The SMILES string of the molecule is Cc1ccsc1/C=C/C(=O)OCC(=O)Nc1sc2c(c1C#N)CC[C@@H](C)C2. The lowest BCUT2D eigenvalue weighted by molar-refractivity contribution is -0.142. The molecule has 1 atom stereocenters. The lowest BCUT2D eigenvalue weighted by atomic mass is 9.89. The van der Waals surface area contributed by atoms with Gasteiger partial charge in [0.15, 0.2) is 6.61 Å². The lowest BCUT2D eigenvalue weighted by Gasteiger charge is -2.17. The first-order valence-corrected chi connectivity index (χ1v) is 10.4. The zero-order valence-electron chi connectivity index (χ0n) is 15.2. The summed E-state index contributed by atoms with van der Waals surface area (Å²) in [5.74, 6) is -0.420. The normalized spacial score (nSPS) is 16.0. The van der Waals surface area contributed by atoms with E-state index in [0.717, 1.165) is 35.3 Å². The van der Waals surface area contributed by atoms with Crippen LogP contribution in [-0.4, -0.2) is 18.5 Å². The molecule has 0 bridgehead atoms. The maximum absolute atomic E-state index is 12.1. The number of esters is 1. The van der Waals surface area contributed by atoms with Gasteiger partial charge in [-0.05, 0) is 60.8 Å². The molecular formula is C20H20N2O3S2. The number of nitrogens with one attached hydrogen (secondary N) is 1. The number of amides is 1. The molecule has 0 radical (unpaired) electrons. The minimum absolute atomic E-state index is 0.379. The van der Waals surface area contributed by atoms with Crippen LogP contribution >= 0.6 is 22.7 Å². The van der Waals surface area contributed by atoms with E-state index in [-0.39, 0.29) is 6.61 Å². The van der Waals surface area contributed by atoms with Crippen molar-refractivity contribution in [2.75, 3.05) is 11.9 Å². The Morgan fingerprint density at radius 3 is 3.00 bits per heavy atom. The summed E-state index contributed by atoms with van der Waals surface area (Å²) in [4.78, 5) is 26.1. The number of hydrogen-bond donors (Lipinski definition) is 1. The zero-order valence-corrected chi connectivity index (χ0v) is 16.8. The molecule has 2 aromatic heterocycles. The Labute approximate surface area is 166 Å². The number of anilines is 1. The second-order valence-corrected chi connectivity index (χ2v) is 8.68. The summed E-state index contributed by atoms with van der Waals surface area (Å²) in [6.45, 7) is 3.77. The van der Waals surface area contributed by atoms with Crippen LogP contribution in [0.15, 0.2) is 17.5 Å². The van der Waals surface area contributed by atoms with Crippen molar-refractivity contribution in [3.05, 3.63) is 44.0 Å². The summed E-state index contributed by atoms with van der Waals surface area (Å²) < 4.78 is 5.00. The van der Waals surface area contributed by atoms with Crippen LogP contribution in [0.2, 0.25) is 0 Å². The second kappa shape index (κ2) is 8.51. The summed E-state index contributed by atoms with van der Waals surface area (Å²) in [7, 11) is 0. The van der Waals surface area contributed by atoms with Crippen LogP contribution in [0.5, 0.6) is 0 Å². The third kappa shape index (κ3) is 4.65. The molecule has 2 aromatic rings. The molecule has 0 fully saturated rings. The van der Waals surface area contributed by atoms with Gasteiger partial charge in [0.1, 0.15) is 11.1 Å². The molecule has 0 unspecified atom stereocenters. The van der Waals surface area contributed by atoms with Crippen LogP contribution in [0.1, 0.15) is 39.8 Å². The monoisotopic (exact) mass is 400 g/mol. The summed E-state index contributed by atoms with van der Waals surface area (Å²) in [5, 5.41) is 14.7. The smallest absolute Gasteiger partial charge is 0.331 e. The van der Waals surface area contributed by atoms with Crippen molar-refractivity contribution in [1.29, 1.82) is 5.26 Å². The van der Waals surface area contributed by atoms with E-state index >= 15 is 0 Å². The summed E-state index contributed by atoms with van der Waals surface area (Å²) in [5.41, 5.74) is 2.69. The van der Waals surface area contributed by atoms with E-state index < -0.39 is 11.9 Å². The highest BCUT2D eigenvalue weighted by molar-refractivity contribution is 7.16. The third-order valence-electron chi connectivity index (χ3n) is 4.49. The Bertz CT molecular complexity index is 934. The molecule has 7 heteroatoms. The van der Waals surface area contributed by atoms with Crippen molar-refractivity contribution < 1.29 is 14.3 Å². The molecule has 0 spiro atoms. The summed E-state index contributed by atoms with van der Waals surface area (Å²) in [6, 6.07) is 4.18. The number of carbonyl (C=O) groups is 2. The molecule has 1 aliphatic rings. The Hall–Kier alpha value is -2.43. The summed E-state index contributed by atoms with van der Waals surface area (Å²) >= 11 is 2.99.